The van der Waals surface area contributed by atoms with Crippen LogP contribution in [0.4, 0.5) is 4.39 Å². The van der Waals surface area contributed by atoms with Gasteiger partial charge in [-0.05, 0) is 36.2 Å². The second kappa shape index (κ2) is 5.31. The Hall–Kier alpha value is -1.39. The van der Waals surface area contributed by atoms with Crippen LogP contribution in [0.15, 0.2) is 30.5 Å². The molecule has 1 saturated heterocycles. The summed E-state index contributed by atoms with van der Waals surface area (Å²) in [6, 6.07) is 6.94. The molecule has 0 aliphatic carbocycles. The topological polar surface area (TPSA) is 17.4 Å². The molecule has 0 saturated carbocycles. The Bertz CT molecular complexity index is 566. The van der Waals surface area contributed by atoms with E-state index in [9.17, 15) is 4.39 Å². The minimum Gasteiger partial charge on any atom is -0.374 e. The van der Waals surface area contributed by atoms with Crippen LogP contribution in [0.2, 0.25) is 0 Å². The van der Waals surface area contributed by atoms with Gasteiger partial charge in [0.25, 0.3) is 0 Å². The first-order valence-electron chi connectivity index (χ1n) is 6.84. The van der Waals surface area contributed by atoms with Crippen LogP contribution < -0.4 is 0 Å². The van der Waals surface area contributed by atoms with Crippen molar-refractivity contribution < 1.29 is 9.13 Å². The fourth-order valence-corrected chi connectivity index (χ4v) is 2.71. The van der Waals surface area contributed by atoms with Gasteiger partial charge in [0.15, 0.2) is 0 Å². The lowest BCUT2D eigenvalue weighted by molar-refractivity contribution is -0.0337. The summed E-state index contributed by atoms with van der Waals surface area (Å²) < 4.78 is 21.2. The van der Waals surface area contributed by atoms with Gasteiger partial charge in [0.05, 0.1) is 24.8 Å². The van der Waals surface area contributed by atoms with Crippen LogP contribution in [-0.4, -0.2) is 41.8 Å². The fraction of sp³-hybridized carbons (Fsp3) is 0.467. The number of hydrogen-bond donors (Lipinski definition) is 0. The number of benzene rings is 1. The molecular formula is C15H19FN2O. The predicted octanol–water partition coefficient (Wildman–Crippen LogP) is 2.50. The van der Waals surface area contributed by atoms with Gasteiger partial charge in [0.1, 0.15) is 5.82 Å². The highest BCUT2D eigenvalue weighted by molar-refractivity contribution is 5.80. The van der Waals surface area contributed by atoms with E-state index >= 15 is 0 Å². The molecule has 0 bridgehead atoms. The van der Waals surface area contributed by atoms with Gasteiger partial charge in [-0.25, -0.2) is 4.39 Å². The highest BCUT2D eigenvalue weighted by Crippen LogP contribution is 2.18. The molecule has 0 radical (unpaired) electrons. The molecule has 19 heavy (non-hydrogen) atoms. The third-order valence-electron chi connectivity index (χ3n) is 3.81. The molecule has 1 aromatic carbocycles. The maximum atomic E-state index is 13.3. The molecule has 1 fully saturated rings. The first-order chi connectivity index (χ1) is 9.26. The average molecular weight is 262 g/mol. The molecule has 4 heteroatoms. The summed E-state index contributed by atoms with van der Waals surface area (Å²) in [7, 11) is 0. The number of fused-ring (bicyclic) bond motifs is 1. The Balaban J connectivity index is 1.79. The number of likely N-dealkylation sites (N-methyl/N-ethyl adjacent to an activating group) is 1. The summed E-state index contributed by atoms with van der Waals surface area (Å²) >= 11 is 0. The molecule has 1 atom stereocenters. The van der Waals surface area contributed by atoms with Crippen LogP contribution in [0.1, 0.15) is 6.92 Å². The molecule has 0 N–H and O–H groups in total. The number of hydrogen-bond acceptors (Lipinski definition) is 2. The highest BCUT2D eigenvalue weighted by atomic mass is 19.1. The van der Waals surface area contributed by atoms with Crippen LogP contribution >= 0.6 is 0 Å². The van der Waals surface area contributed by atoms with Crippen LogP contribution in [0, 0.1) is 5.82 Å². The molecule has 0 spiro atoms. The van der Waals surface area contributed by atoms with Crippen molar-refractivity contribution in [3.8, 4) is 0 Å². The molecule has 1 aliphatic heterocycles. The Kier molecular flexibility index (Phi) is 3.53. The summed E-state index contributed by atoms with van der Waals surface area (Å²) in [5.41, 5.74) is 0.942. The van der Waals surface area contributed by atoms with Crippen molar-refractivity contribution >= 4 is 10.9 Å². The largest absolute Gasteiger partial charge is 0.374 e. The van der Waals surface area contributed by atoms with Crippen molar-refractivity contribution in [2.75, 3.05) is 26.2 Å². The normalized spacial score (nSPS) is 21.1. The average Bonchev–Trinajstić information content (AvgIpc) is 2.81. The van der Waals surface area contributed by atoms with E-state index in [4.69, 9.17) is 4.74 Å². The van der Waals surface area contributed by atoms with Gasteiger partial charge in [-0.3, -0.25) is 4.90 Å². The van der Waals surface area contributed by atoms with E-state index in [1.165, 1.54) is 6.07 Å². The zero-order valence-corrected chi connectivity index (χ0v) is 11.2. The number of aromatic nitrogens is 1. The lowest BCUT2D eigenvalue weighted by Gasteiger charge is -2.32. The molecule has 102 valence electrons. The number of rotatable bonds is 3. The molecule has 3 rings (SSSR count). The van der Waals surface area contributed by atoms with E-state index < -0.39 is 0 Å². The predicted molar refractivity (Wildman–Crippen MR) is 73.8 cm³/mol. The Morgan fingerprint density at radius 1 is 1.37 bits per heavy atom. The van der Waals surface area contributed by atoms with Gasteiger partial charge < -0.3 is 9.30 Å². The molecule has 3 nitrogen and oxygen atoms in total. The minimum absolute atomic E-state index is 0.188. The number of ether oxygens (including phenoxy) is 1. The van der Waals surface area contributed by atoms with Crippen LogP contribution in [-0.2, 0) is 11.3 Å². The SMILES string of the molecule is CCN1CCOC(Cn2ccc3ccc(F)cc32)C1. The zero-order valence-electron chi connectivity index (χ0n) is 11.2. The van der Waals surface area contributed by atoms with Gasteiger partial charge in [-0.1, -0.05) is 6.92 Å². The van der Waals surface area contributed by atoms with Gasteiger partial charge in [0.2, 0.25) is 0 Å². The lowest BCUT2D eigenvalue weighted by atomic mass is 10.2. The van der Waals surface area contributed by atoms with Crippen LogP contribution in [0.3, 0.4) is 0 Å². The minimum atomic E-state index is -0.188. The summed E-state index contributed by atoms with van der Waals surface area (Å²) in [6.07, 6.45) is 2.20. The molecule has 2 aromatic rings. The molecule has 0 amide bonds. The van der Waals surface area contributed by atoms with E-state index in [-0.39, 0.29) is 11.9 Å². The maximum Gasteiger partial charge on any atom is 0.125 e. The van der Waals surface area contributed by atoms with Crippen molar-refractivity contribution in [2.24, 2.45) is 0 Å². The molecule has 1 unspecified atom stereocenters. The van der Waals surface area contributed by atoms with E-state index in [2.05, 4.69) is 16.4 Å². The number of halogens is 1. The lowest BCUT2D eigenvalue weighted by Crippen LogP contribution is -2.43. The third-order valence-corrected chi connectivity index (χ3v) is 3.81. The van der Waals surface area contributed by atoms with Gasteiger partial charge in [-0.15, -0.1) is 0 Å². The molecule has 1 aliphatic rings. The molecular weight excluding hydrogens is 243 g/mol. The second-order valence-corrected chi connectivity index (χ2v) is 5.06. The van der Waals surface area contributed by atoms with Crippen molar-refractivity contribution in [1.29, 1.82) is 0 Å². The third kappa shape index (κ3) is 2.65. The summed E-state index contributed by atoms with van der Waals surface area (Å²) in [4.78, 5) is 2.39. The Labute approximate surface area is 112 Å². The van der Waals surface area contributed by atoms with Gasteiger partial charge >= 0.3 is 0 Å². The van der Waals surface area contributed by atoms with Crippen LogP contribution in [0.5, 0.6) is 0 Å². The van der Waals surface area contributed by atoms with E-state index in [1.54, 1.807) is 6.07 Å². The van der Waals surface area contributed by atoms with Crippen molar-refractivity contribution in [3.05, 3.63) is 36.3 Å². The quantitative estimate of drug-likeness (QED) is 0.845. The highest BCUT2D eigenvalue weighted by Gasteiger charge is 2.20. The first-order valence-corrected chi connectivity index (χ1v) is 6.84. The van der Waals surface area contributed by atoms with Crippen molar-refractivity contribution in [1.82, 2.24) is 9.47 Å². The smallest absolute Gasteiger partial charge is 0.125 e. The van der Waals surface area contributed by atoms with Crippen molar-refractivity contribution in [3.63, 3.8) is 0 Å². The van der Waals surface area contributed by atoms with Crippen LogP contribution in [0.25, 0.3) is 10.9 Å². The summed E-state index contributed by atoms with van der Waals surface area (Å²) in [6.45, 7) is 6.75. The Morgan fingerprint density at radius 2 is 2.26 bits per heavy atom. The molecule has 1 aromatic heterocycles. The molecule has 2 heterocycles. The number of nitrogens with zero attached hydrogens (tertiary/aromatic N) is 2. The van der Waals surface area contributed by atoms with E-state index in [0.717, 1.165) is 43.7 Å². The van der Waals surface area contributed by atoms with E-state index in [1.807, 2.05) is 18.3 Å². The summed E-state index contributed by atoms with van der Waals surface area (Å²) in [5.74, 6) is -0.188. The van der Waals surface area contributed by atoms with Crippen molar-refractivity contribution in [2.45, 2.75) is 19.6 Å². The zero-order chi connectivity index (χ0) is 13.2. The number of morpholine rings is 1. The summed E-state index contributed by atoms with van der Waals surface area (Å²) in [5, 5.41) is 1.07. The second-order valence-electron chi connectivity index (χ2n) is 5.06. The first kappa shape index (κ1) is 12.6. The monoisotopic (exact) mass is 262 g/mol. The standard InChI is InChI=1S/C15H19FN2O/c1-2-17-7-8-19-14(10-17)11-18-6-5-12-3-4-13(16)9-15(12)18/h3-6,9,14H,2,7-8,10-11H2,1H3. The maximum absolute atomic E-state index is 13.3. The Morgan fingerprint density at radius 3 is 3.11 bits per heavy atom. The fourth-order valence-electron chi connectivity index (χ4n) is 2.71. The van der Waals surface area contributed by atoms with Gasteiger partial charge in [0, 0.05) is 19.3 Å². The van der Waals surface area contributed by atoms with Gasteiger partial charge in [-0.2, -0.15) is 0 Å². The van der Waals surface area contributed by atoms with E-state index in [0.29, 0.717) is 0 Å².